The number of primary amides is 1. The highest BCUT2D eigenvalue weighted by Gasteiger charge is 2.37. The second-order valence-corrected chi connectivity index (χ2v) is 5.92. The molecule has 3 atom stereocenters. The van der Waals surface area contributed by atoms with Gasteiger partial charge in [-0.3, -0.25) is 10.6 Å². The van der Waals surface area contributed by atoms with Crippen LogP contribution in [0.3, 0.4) is 0 Å². The molecular formula is C16H24N4O2. The second-order valence-electron chi connectivity index (χ2n) is 5.92. The maximum atomic E-state index is 10.8. The van der Waals surface area contributed by atoms with Gasteiger partial charge in [-0.15, -0.1) is 0 Å². The van der Waals surface area contributed by atoms with Crippen LogP contribution in [0.4, 0.5) is 0 Å². The van der Waals surface area contributed by atoms with Gasteiger partial charge >= 0.3 is 0 Å². The zero-order valence-corrected chi connectivity index (χ0v) is 12.9. The third-order valence-corrected chi connectivity index (χ3v) is 4.19. The molecule has 2 fully saturated rings. The van der Waals surface area contributed by atoms with Gasteiger partial charge in [0.1, 0.15) is 6.29 Å². The van der Waals surface area contributed by atoms with Gasteiger partial charge in [-0.25, -0.2) is 5.01 Å². The normalized spacial score (nSPS) is 27.5. The summed E-state index contributed by atoms with van der Waals surface area (Å²) in [5, 5.41) is 5.11. The van der Waals surface area contributed by atoms with Crippen LogP contribution < -0.4 is 16.9 Å². The van der Waals surface area contributed by atoms with Crippen molar-refractivity contribution in [2.45, 2.75) is 25.3 Å². The van der Waals surface area contributed by atoms with Crippen molar-refractivity contribution in [3.63, 3.8) is 0 Å². The quantitative estimate of drug-likeness (QED) is 0.548. The summed E-state index contributed by atoms with van der Waals surface area (Å²) in [7, 11) is 0. The number of piperazine rings is 1. The highest BCUT2D eigenvalue weighted by Crippen LogP contribution is 2.45. The average molecular weight is 304 g/mol. The molecule has 1 aliphatic heterocycles. The Morgan fingerprint density at radius 1 is 1.36 bits per heavy atom. The molecule has 1 aliphatic carbocycles. The average Bonchev–Trinajstić information content (AvgIpc) is 3.31. The first-order chi connectivity index (χ1) is 10.5. The minimum atomic E-state index is -0.417. The Morgan fingerprint density at radius 2 is 2.05 bits per heavy atom. The SMILES string of the molecule is C[C@@H]1CNCCN1N.NC(=O)c1ccc([C@H]2CC2C=O)cc1. The third kappa shape index (κ3) is 4.37. The van der Waals surface area contributed by atoms with Crippen LogP contribution in [0.1, 0.15) is 35.2 Å². The predicted octanol–water partition coefficient (Wildman–Crippen LogP) is 0.242. The molecule has 5 N–H and O–H groups in total. The third-order valence-electron chi connectivity index (χ3n) is 4.19. The smallest absolute Gasteiger partial charge is 0.248 e. The lowest BCUT2D eigenvalue weighted by Gasteiger charge is -2.29. The lowest BCUT2D eigenvalue weighted by Crippen LogP contribution is -2.52. The van der Waals surface area contributed by atoms with Crippen molar-refractivity contribution >= 4 is 12.2 Å². The van der Waals surface area contributed by atoms with E-state index in [0.717, 1.165) is 37.9 Å². The van der Waals surface area contributed by atoms with E-state index in [1.807, 2.05) is 17.1 Å². The van der Waals surface area contributed by atoms with Gasteiger partial charge in [-0.1, -0.05) is 12.1 Å². The first-order valence-electron chi connectivity index (χ1n) is 7.60. The first-order valence-corrected chi connectivity index (χ1v) is 7.60. The molecule has 6 nitrogen and oxygen atoms in total. The number of hydrogen-bond donors (Lipinski definition) is 3. The van der Waals surface area contributed by atoms with Crippen molar-refractivity contribution in [2.75, 3.05) is 19.6 Å². The van der Waals surface area contributed by atoms with Gasteiger partial charge in [0.2, 0.25) is 5.91 Å². The summed E-state index contributed by atoms with van der Waals surface area (Å²) in [6, 6.07) is 7.65. The largest absolute Gasteiger partial charge is 0.366 e. The predicted molar refractivity (Wildman–Crippen MR) is 85.1 cm³/mol. The van der Waals surface area contributed by atoms with E-state index in [9.17, 15) is 9.59 Å². The number of carbonyl (C=O) groups excluding carboxylic acids is 2. The molecule has 3 rings (SSSR count). The number of rotatable bonds is 3. The Kier molecular flexibility index (Phi) is 5.65. The van der Waals surface area contributed by atoms with Crippen LogP contribution in [-0.4, -0.2) is 42.9 Å². The molecule has 0 radical (unpaired) electrons. The molecule has 2 aliphatic rings. The second kappa shape index (κ2) is 7.49. The van der Waals surface area contributed by atoms with Gasteiger partial charge in [-0.2, -0.15) is 0 Å². The number of nitrogens with zero attached hydrogens (tertiary/aromatic N) is 1. The number of nitrogens with two attached hydrogens (primary N) is 2. The summed E-state index contributed by atoms with van der Waals surface area (Å²) in [6.45, 7) is 5.14. The Labute approximate surface area is 130 Å². The van der Waals surface area contributed by atoms with Gasteiger partial charge in [0, 0.05) is 37.2 Å². The van der Waals surface area contributed by atoms with Gasteiger partial charge in [0.25, 0.3) is 0 Å². The fraction of sp³-hybridized carbons (Fsp3) is 0.500. The zero-order chi connectivity index (χ0) is 16.1. The van der Waals surface area contributed by atoms with Gasteiger partial charge in [0.05, 0.1) is 0 Å². The van der Waals surface area contributed by atoms with Crippen LogP contribution in [0, 0.1) is 5.92 Å². The highest BCUT2D eigenvalue weighted by atomic mass is 16.1. The zero-order valence-electron chi connectivity index (χ0n) is 12.9. The van der Waals surface area contributed by atoms with Crippen molar-refractivity contribution in [3.8, 4) is 0 Å². The minimum absolute atomic E-state index is 0.175. The van der Waals surface area contributed by atoms with Crippen molar-refractivity contribution in [1.82, 2.24) is 10.3 Å². The Balaban J connectivity index is 0.000000188. The van der Waals surface area contributed by atoms with E-state index in [1.165, 1.54) is 0 Å². The van der Waals surface area contributed by atoms with Crippen molar-refractivity contribution in [2.24, 2.45) is 17.5 Å². The molecule has 1 aromatic rings. The molecule has 1 saturated carbocycles. The van der Waals surface area contributed by atoms with Crippen molar-refractivity contribution in [1.29, 1.82) is 0 Å². The monoisotopic (exact) mass is 304 g/mol. The molecule has 0 aromatic heterocycles. The van der Waals surface area contributed by atoms with Crippen LogP contribution in [0.15, 0.2) is 24.3 Å². The van der Waals surface area contributed by atoms with Crippen LogP contribution in [-0.2, 0) is 4.79 Å². The van der Waals surface area contributed by atoms with Crippen molar-refractivity contribution in [3.05, 3.63) is 35.4 Å². The molecule has 1 heterocycles. The first kappa shape index (κ1) is 16.6. The summed E-state index contributed by atoms with van der Waals surface area (Å²) in [5.41, 5.74) is 6.74. The molecular weight excluding hydrogens is 280 g/mol. The summed E-state index contributed by atoms with van der Waals surface area (Å²) >= 11 is 0. The molecule has 1 saturated heterocycles. The molecule has 6 heteroatoms. The summed E-state index contributed by atoms with van der Waals surface area (Å²) < 4.78 is 0. The van der Waals surface area contributed by atoms with Gasteiger partial charge in [0.15, 0.2) is 0 Å². The highest BCUT2D eigenvalue weighted by molar-refractivity contribution is 5.92. The van der Waals surface area contributed by atoms with E-state index >= 15 is 0 Å². The Hall–Kier alpha value is -1.76. The number of hydrazine groups is 1. The van der Waals surface area contributed by atoms with Crippen LogP contribution in [0.5, 0.6) is 0 Å². The van der Waals surface area contributed by atoms with E-state index < -0.39 is 5.91 Å². The number of aldehydes is 1. The summed E-state index contributed by atoms with van der Waals surface area (Å²) in [5.74, 6) is 5.69. The maximum absolute atomic E-state index is 10.8. The van der Waals surface area contributed by atoms with E-state index in [2.05, 4.69) is 12.2 Å². The van der Waals surface area contributed by atoms with Crippen molar-refractivity contribution < 1.29 is 9.59 Å². The molecule has 1 unspecified atom stereocenters. The van der Waals surface area contributed by atoms with E-state index in [-0.39, 0.29) is 5.92 Å². The lowest BCUT2D eigenvalue weighted by atomic mass is 10.1. The molecule has 1 amide bonds. The number of benzene rings is 1. The molecule has 0 spiro atoms. The minimum Gasteiger partial charge on any atom is -0.366 e. The number of carbonyl (C=O) groups is 2. The standard InChI is InChI=1S/C11H11NO2.C5H13N3/c12-11(14)8-3-1-7(2-4-8)10-5-9(10)6-13;1-5-4-7-2-3-8(5)6/h1-4,6,9-10H,5H2,(H2,12,14);5,7H,2-4,6H2,1H3/t9?,10-;5-/m11/s1. The van der Waals surface area contributed by atoms with E-state index in [1.54, 1.807) is 12.1 Å². The van der Waals surface area contributed by atoms with E-state index in [0.29, 0.717) is 17.5 Å². The molecule has 0 bridgehead atoms. The fourth-order valence-corrected chi connectivity index (χ4v) is 2.50. The number of nitrogens with one attached hydrogen (secondary N) is 1. The topological polar surface area (TPSA) is 101 Å². The fourth-order valence-electron chi connectivity index (χ4n) is 2.50. The molecule has 22 heavy (non-hydrogen) atoms. The summed E-state index contributed by atoms with van der Waals surface area (Å²) in [4.78, 5) is 21.2. The van der Waals surface area contributed by atoms with Crippen LogP contribution in [0.25, 0.3) is 0 Å². The molecule has 1 aromatic carbocycles. The van der Waals surface area contributed by atoms with Gasteiger partial charge < -0.3 is 15.8 Å². The lowest BCUT2D eigenvalue weighted by molar-refractivity contribution is -0.108. The Bertz CT molecular complexity index is 507. The summed E-state index contributed by atoms with van der Waals surface area (Å²) in [6.07, 6.45) is 1.92. The Morgan fingerprint density at radius 3 is 2.45 bits per heavy atom. The molecule has 120 valence electrons. The van der Waals surface area contributed by atoms with E-state index in [4.69, 9.17) is 11.6 Å². The maximum Gasteiger partial charge on any atom is 0.248 e. The number of amides is 1. The van der Waals surface area contributed by atoms with Crippen LogP contribution in [0.2, 0.25) is 0 Å². The number of hydrogen-bond acceptors (Lipinski definition) is 5. The van der Waals surface area contributed by atoms with Crippen LogP contribution >= 0.6 is 0 Å². The van der Waals surface area contributed by atoms with Gasteiger partial charge in [-0.05, 0) is 37.0 Å².